The number of piperazine rings is 1. The van der Waals surface area contributed by atoms with Gasteiger partial charge in [0.1, 0.15) is 17.3 Å². The van der Waals surface area contributed by atoms with Crippen molar-refractivity contribution in [2.24, 2.45) is 0 Å². The molecule has 1 amide bonds. The first-order chi connectivity index (χ1) is 11.6. The molecular weight excluding hydrogens is 304 g/mol. The van der Waals surface area contributed by atoms with Crippen molar-refractivity contribution in [3.63, 3.8) is 0 Å². The highest BCUT2D eigenvalue weighted by molar-refractivity contribution is 5.92. The summed E-state index contributed by atoms with van der Waals surface area (Å²) in [7, 11) is 2.11. The highest BCUT2D eigenvalue weighted by Crippen LogP contribution is 2.15. The van der Waals surface area contributed by atoms with Gasteiger partial charge in [-0.2, -0.15) is 0 Å². The molecule has 7 nitrogen and oxygen atoms in total. The Bertz CT molecular complexity index is 697. The summed E-state index contributed by atoms with van der Waals surface area (Å²) in [5.74, 6) is 1.22. The summed E-state index contributed by atoms with van der Waals surface area (Å²) in [4.78, 5) is 29.8. The lowest BCUT2D eigenvalue weighted by Crippen LogP contribution is -2.45. The van der Waals surface area contributed by atoms with Crippen LogP contribution in [0.4, 0.5) is 5.82 Å². The number of anilines is 1. The van der Waals surface area contributed by atoms with Crippen molar-refractivity contribution < 1.29 is 4.79 Å². The van der Waals surface area contributed by atoms with E-state index in [0.717, 1.165) is 37.7 Å². The number of likely N-dealkylation sites (N-methyl/N-ethyl adjacent to an activating group) is 1. The summed E-state index contributed by atoms with van der Waals surface area (Å²) >= 11 is 0. The van der Waals surface area contributed by atoms with Crippen LogP contribution < -0.4 is 10.2 Å². The Kier molecular flexibility index (Phi) is 5.00. The molecule has 0 spiro atoms. The molecule has 1 N–H and O–H groups in total. The molecule has 2 aromatic heterocycles. The number of nitrogens with one attached hydrogen (secondary N) is 1. The third kappa shape index (κ3) is 4.05. The molecule has 3 rings (SSSR count). The minimum Gasteiger partial charge on any atom is -0.354 e. The molecule has 24 heavy (non-hydrogen) atoms. The molecule has 0 radical (unpaired) electrons. The average Bonchev–Trinajstić information content (AvgIpc) is 2.60. The summed E-state index contributed by atoms with van der Waals surface area (Å²) in [6.07, 6.45) is 1.71. The molecule has 0 aliphatic carbocycles. The third-order valence-electron chi connectivity index (χ3n) is 4.04. The zero-order valence-electron chi connectivity index (χ0n) is 14.1. The molecular formula is C17H22N6O. The van der Waals surface area contributed by atoms with Crippen LogP contribution in [0.1, 0.15) is 22.0 Å². The predicted octanol–water partition coefficient (Wildman–Crippen LogP) is 0.862. The molecule has 1 fully saturated rings. The van der Waals surface area contributed by atoms with Gasteiger partial charge in [-0.3, -0.25) is 9.78 Å². The maximum absolute atomic E-state index is 12.4. The van der Waals surface area contributed by atoms with Crippen LogP contribution >= 0.6 is 0 Å². The van der Waals surface area contributed by atoms with Crippen molar-refractivity contribution in [1.82, 2.24) is 25.2 Å². The van der Waals surface area contributed by atoms with E-state index >= 15 is 0 Å². The lowest BCUT2D eigenvalue weighted by atomic mass is 10.3. The second kappa shape index (κ2) is 7.35. The van der Waals surface area contributed by atoms with Gasteiger partial charge in [0, 0.05) is 38.4 Å². The normalized spacial score (nSPS) is 15.3. The Morgan fingerprint density at radius 2 is 2.00 bits per heavy atom. The van der Waals surface area contributed by atoms with Gasteiger partial charge in [0.05, 0.1) is 12.2 Å². The zero-order valence-corrected chi connectivity index (χ0v) is 14.1. The Morgan fingerprint density at radius 3 is 2.71 bits per heavy atom. The first kappa shape index (κ1) is 16.3. The molecule has 0 bridgehead atoms. The van der Waals surface area contributed by atoms with Crippen LogP contribution in [-0.4, -0.2) is 59.0 Å². The van der Waals surface area contributed by atoms with Crippen molar-refractivity contribution in [2.45, 2.75) is 13.5 Å². The maximum Gasteiger partial charge on any atom is 0.270 e. The average molecular weight is 326 g/mol. The number of hydrogen-bond donors (Lipinski definition) is 1. The molecule has 0 atom stereocenters. The summed E-state index contributed by atoms with van der Waals surface area (Å²) in [5.41, 5.74) is 1.21. The smallest absolute Gasteiger partial charge is 0.270 e. The van der Waals surface area contributed by atoms with E-state index in [1.54, 1.807) is 12.3 Å². The monoisotopic (exact) mass is 326 g/mol. The lowest BCUT2D eigenvalue weighted by molar-refractivity contribution is 0.0945. The van der Waals surface area contributed by atoms with E-state index < -0.39 is 0 Å². The Balaban J connectivity index is 1.69. The first-order valence-corrected chi connectivity index (χ1v) is 8.09. The van der Waals surface area contributed by atoms with Crippen LogP contribution in [-0.2, 0) is 6.54 Å². The van der Waals surface area contributed by atoms with Gasteiger partial charge in [-0.1, -0.05) is 6.07 Å². The van der Waals surface area contributed by atoms with Gasteiger partial charge >= 0.3 is 0 Å². The molecule has 1 aliphatic rings. The van der Waals surface area contributed by atoms with Gasteiger partial charge in [-0.05, 0) is 26.1 Å². The number of pyridine rings is 1. The summed E-state index contributed by atoms with van der Waals surface area (Å²) in [6, 6.07) is 7.39. The molecule has 1 saturated heterocycles. The van der Waals surface area contributed by atoms with Crippen molar-refractivity contribution in [3.8, 4) is 0 Å². The number of amides is 1. The fraction of sp³-hybridized carbons (Fsp3) is 0.412. The largest absolute Gasteiger partial charge is 0.354 e. The van der Waals surface area contributed by atoms with Crippen LogP contribution in [0, 0.1) is 6.92 Å². The van der Waals surface area contributed by atoms with E-state index in [1.807, 2.05) is 25.1 Å². The fourth-order valence-electron chi connectivity index (χ4n) is 2.63. The first-order valence-electron chi connectivity index (χ1n) is 8.09. The molecule has 0 aromatic carbocycles. The summed E-state index contributed by atoms with van der Waals surface area (Å²) < 4.78 is 0. The fourth-order valence-corrected chi connectivity index (χ4v) is 2.63. The highest BCUT2D eigenvalue weighted by atomic mass is 16.1. The van der Waals surface area contributed by atoms with Gasteiger partial charge in [-0.15, -0.1) is 0 Å². The molecule has 7 heteroatoms. The second-order valence-corrected chi connectivity index (χ2v) is 5.95. The number of carbonyl (C=O) groups excluding carboxylic acids is 1. The van der Waals surface area contributed by atoms with E-state index in [2.05, 4.69) is 37.1 Å². The summed E-state index contributed by atoms with van der Waals surface area (Å²) in [5, 5.41) is 2.86. The molecule has 3 heterocycles. The Labute approximate surface area is 141 Å². The Morgan fingerprint density at radius 1 is 1.21 bits per heavy atom. The third-order valence-corrected chi connectivity index (χ3v) is 4.04. The van der Waals surface area contributed by atoms with Gasteiger partial charge in [0.25, 0.3) is 5.91 Å². The SMILES string of the molecule is Cc1nc(C(=O)NCc2ccccn2)cc(N2CCN(C)CC2)n1. The van der Waals surface area contributed by atoms with E-state index in [1.165, 1.54) is 0 Å². The predicted molar refractivity (Wildman–Crippen MR) is 91.9 cm³/mol. The standard InChI is InChI=1S/C17H22N6O/c1-13-20-15(17(24)19-12-14-5-3-4-6-18-14)11-16(21-13)23-9-7-22(2)8-10-23/h3-6,11H,7-10,12H2,1-2H3,(H,19,24). The molecule has 1 aliphatic heterocycles. The van der Waals surface area contributed by atoms with Gasteiger partial charge < -0.3 is 15.1 Å². The van der Waals surface area contributed by atoms with E-state index in [4.69, 9.17) is 0 Å². The number of aryl methyl sites for hydroxylation is 1. The number of aromatic nitrogens is 3. The minimum absolute atomic E-state index is 0.207. The molecule has 126 valence electrons. The van der Waals surface area contributed by atoms with Crippen LogP contribution in [0.2, 0.25) is 0 Å². The van der Waals surface area contributed by atoms with Crippen LogP contribution in [0.3, 0.4) is 0 Å². The number of hydrogen-bond acceptors (Lipinski definition) is 6. The minimum atomic E-state index is -0.207. The van der Waals surface area contributed by atoms with E-state index in [0.29, 0.717) is 18.1 Å². The highest BCUT2D eigenvalue weighted by Gasteiger charge is 2.18. The van der Waals surface area contributed by atoms with Gasteiger partial charge in [0.15, 0.2) is 0 Å². The van der Waals surface area contributed by atoms with Crippen LogP contribution in [0.15, 0.2) is 30.5 Å². The van der Waals surface area contributed by atoms with Crippen LogP contribution in [0.25, 0.3) is 0 Å². The van der Waals surface area contributed by atoms with E-state index in [9.17, 15) is 4.79 Å². The Hall–Kier alpha value is -2.54. The lowest BCUT2D eigenvalue weighted by Gasteiger charge is -2.33. The molecule has 2 aromatic rings. The number of carbonyl (C=O) groups is 1. The van der Waals surface area contributed by atoms with Crippen molar-refractivity contribution in [1.29, 1.82) is 0 Å². The van der Waals surface area contributed by atoms with Gasteiger partial charge in [-0.25, -0.2) is 9.97 Å². The van der Waals surface area contributed by atoms with Crippen molar-refractivity contribution >= 4 is 11.7 Å². The molecule has 0 saturated carbocycles. The zero-order chi connectivity index (χ0) is 16.9. The summed E-state index contributed by atoms with van der Waals surface area (Å²) in [6.45, 7) is 5.99. The number of rotatable bonds is 4. The maximum atomic E-state index is 12.4. The number of nitrogens with zero attached hydrogens (tertiary/aromatic N) is 5. The quantitative estimate of drug-likeness (QED) is 0.898. The topological polar surface area (TPSA) is 74.2 Å². The second-order valence-electron chi connectivity index (χ2n) is 5.95. The molecule has 0 unspecified atom stereocenters. The van der Waals surface area contributed by atoms with Gasteiger partial charge in [0.2, 0.25) is 0 Å². The van der Waals surface area contributed by atoms with Crippen molar-refractivity contribution in [2.75, 3.05) is 38.1 Å². The van der Waals surface area contributed by atoms with Crippen molar-refractivity contribution in [3.05, 3.63) is 47.7 Å². The van der Waals surface area contributed by atoms with Crippen LogP contribution in [0.5, 0.6) is 0 Å². The van der Waals surface area contributed by atoms with E-state index in [-0.39, 0.29) is 5.91 Å².